The average Bonchev–Trinajstić information content (AvgIpc) is 2.88. The van der Waals surface area contributed by atoms with E-state index in [-0.39, 0.29) is 5.56 Å². The smallest absolute Gasteiger partial charge is 0.335 e. The zero-order chi connectivity index (χ0) is 24.5. The molecule has 1 saturated carbocycles. The van der Waals surface area contributed by atoms with Gasteiger partial charge in [0.05, 0.1) is 17.9 Å². The quantitative estimate of drug-likeness (QED) is 0.333. The molecule has 1 aromatic heterocycles. The minimum absolute atomic E-state index is 0.288. The number of carboxylic acids is 1. The molecule has 2 fully saturated rings. The van der Waals surface area contributed by atoms with Crippen LogP contribution >= 0.6 is 11.8 Å². The van der Waals surface area contributed by atoms with E-state index in [2.05, 4.69) is 38.4 Å². The molecule has 2 bridgehead atoms. The Morgan fingerprint density at radius 1 is 1.08 bits per heavy atom. The fourth-order valence-corrected chi connectivity index (χ4v) is 6.97. The summed E-state index contributed by atoms with van der Waals surface area (Å²) in [4.78, 5) is 23.7. The van der Waals surface area contributed by atoms with Crippen LogP contribution in [0.4, 0.5) is 11.5 Å². The lowest BCUT2D eigenvalue weighted by molar-refractivity contribution is 0.00855. The summed E-state index contributed by atoms with van der Waals surface area (Å²) in [7, 11) is 0. The number of carbonyl (C=O) groups is 1. The van der Waals surface area contributed by atoms with Crippen molar-refractivity contribution in [2.24, 2.45) is 17.8 Å². The second-order valence-corrected chi connectivity index (χ2v) is 11.1. The van der Waals surface area contributed by atoms with Gasteiger partial charge in [-0.2, -0.15) is 0 Å². The van der Waals surface area contributed by atoms with Gasteiger partial charge in [0.1, 0.15) is 10.8 Å². The van der Waals surface area contributed by atoms with Gasteiger partial charge in [0.2, 0.25) is 0 Å². The van der Waals surface area contributed by atoms with Crippen LogP contribution in [-0.4, -0.2) is 45.6 Å². The van der Waals surface area contributed by atoms with Crippen molar-refractivity contribution in [2.75, 3.05) is 25.0 Å². The van der Waals surface area contributed by atoms with Crippen LogP contribution in [0, 0.1) is 17.8 Å². The van der Waals surface area contributed by atoms with Crippen LogP contribution in [0.3, 0.4) is 0 Å². The van der Waals surface area contributed by atoms with E-state index in [1.54, 1.807) is 48.4 Å². The van der Waals surface area contributed by atoms with Gasteiger partial charge in [-0.05, 0) is 79.0 Å². The Morgan fingerprint density at radius 3 is 2.64 bits per heavy atom. The highest BCUT2D eigenvalue weighted by Crippen LogP contribution is 2.44. The van der Waals surface area contributed by atoms with Gasteiger partial charge in [-0.15, -0.1) is 0 Å². The van der Waals surface area contributed by atoms with E-state index in [1.807, 2.05) is 0 Å². The lowest BCUT2D eigenvalue weighted by Gasteiger charge is -2.47. The van der Waals surface area contributed by atoms with E-state index in [9.17, 15) is 4.79 Å². The minimum atomic E-state index is -0.911. The first-order valence-electron chi connectivity index (χ1n) is 12.7. The summed E-state index contributed by atoms with van der Waals surface area (Å²) in [6.07, 6.45) is 8.44. The first-order chi connectivity index (χ1) is 17.6. The monoisotopic (exact) mass is 502 g/mol. The first kappa shape index (κ1) is 23.3. The predicted octanol–water partition coefficient (Wildman–Crippen LogP) is 5.70. The van der Waals surface area contributed by atoms with E-state index in [0.717, 1.165) is 48.3 Å². The molecule has 0 radical (unpaired) electrons. The number of ether oxygens (including phenoxy) is 1. The Balaban J connectivity index is 1.05. The SMILES string of the molecule is O=C(O)c1ccc(OCCC2C3CCCC2CN(Cc2ccc4c(c2)Nc2nccnc2S4)C3)cc1. The lowest BCUT2D eigenvalue weighted by atomic mass is 9.67. The largest absolute Gasteiger partial charge is 0.494 e. The van der Waals surface area contributed by atoms with Crippen molar-refractivity contribution in [2.45, 2.75) is 42.1 Å². The average molecular weight is 503 g/mol. The fraction of sp³-hybridized carbons (Fsp3) is 0.393. The van der Waals surface area contributed by atoms with Gasteiger partial charge in [0.15, 0.2) is 5.82 Å². The molecule has 0 spiro atoms. The number of nitrogens with one attached hydrogen (secondary N) is 1. The number of nitrogens with zero attached hydrogens (tertiary/aromatic N) is 3. The van der Waals surface area contributed by atoms with E-state index in [0.29, 0.717) is 24.4 Å². The summed E-state index contributed by atoms with van der Waals surface area (Å²) >= 11 is 1.67. The fourth-order valence-electron chi connectivity index (χ4n) is 6.09. The second-order valence-electron chi connectivity index (χ2n) is 10.0. The van der Waals surface area contributed by atoms with Crippen LogP contribution in [-0.2, 0) is 6.54 Å². The summed E-state index contributed by atoms with van der Waals surface area (Å²) in [6, 6.07) is 13.4. The zero-order valence-electron chi connectivity index (χ0n) is 20.1. The molecule has 2 aromatic carbocycles. The number of likely N-dealkylation sites (tertiary alicyclic amines) is 1. The van der Waals surface area contributed by atoms with Crippen LogP contribution in [0.25, 0.3) is 0 Å². The molecule has 2 N–H and O–H groups in total. The number of aromatic carboxylic acids is 1. The molecule has 7 nitrogen and oxygen atoms in total. The molecule has 0 amide bonds. The third-order valence-electron chi connectivity index (χ3n) is 7.74. The molecular formula is C28H30N4O3S. The number of anilines is 2. The van der Waals surface area contributed by atoms with Crippen molar-refractivity contribution in [3.8, 4) is 5.75 Å². The van der Waals surface area contributed by atoms with Gasteiger partial charge in [0, 0.05) is 36.9 Å². The van der Waals surface area contributed by atoms with Gasteiger partial charge >= 0.3 is 5.97 Å². The maximum absolute atomic E-state index is 11.0. The predicted molar refractivity (Wildman–Crippen MR) is 139 cm³/mol. The van der Waals surface area contributed by atoms with E-state index < -0.39 is 5.97 Å². The summed E-state index contributed by atoms with van der Waals surface area (Å²) in [5.41, 5.74) is 2.74. The molecule has 1 aliphatic carbocycles. The molecular weight excluding hydrogens is 472 g/mol. The Bertz CT molecular complexity index is 1240. The summed E-state index contributed by atoms with van der Waals surface area (Å²) < 4.78 is 5.98. The number of rotatable bonds is 7. The third kappa shape index (κ3) is 4.92. The van der Waals surface area contributed by atoms with Gasteiger partial charge in [-0.25, -0.2) is 14.8 Å². The number of piperidine rings is 1. The topological polar surface area (TPSA) is 87.6 Å². The van der Waals surface area contributed by atoms with Crippen molar-refractivity contribution >= 4 is 29.2 Å². The van der Waals surface area contributed by atoms with E-state index >= 15 is 0 Å². The number of benzene rings is 2. The number of hydrogen-bond donors (Lipinski definition) is 2. The Hall–Kier alpha value is -3.10. The van der Waals surface area contributed by atoms with Crippen molar-refractivity contribution in [3.63, 3.8) is 0 Å². The molecule has 3 aliphatic rings. The number of aromatic nitrogens is 2. The highest BCUT2D eigenvalue weighted by molar-refractivity contribution is 7.99. The Labute approximate surface area is 215 Å². The molecule has 36 heavy (non-hydrogen) atoms. The maximum atomic E-state index is 11.0. The van der Waals surface area contributed by atoms with Gasteiger partial charge < -0.3 is 15.2 Å². The molecule has 8 heteroatoms. The number of hydrogen-bond acceptors (Lipinski definition) is 7. The zero-order valence-corrected chi connectivity index (χ0v) is 20.9. The lowest BCUT2D eigenvalue weighted by Crippen LogP contribution is -2.48. The molecule has 3 heterocycles. The molecule has 3 aromatic rings. The Morgan fingerprint density at radius 2 is 1.86 bits per heavy atom. The summed E-state index contributed by atoms with van der Waals surface area (Å²) in [5.74, 6) is 2.79. The van der Waals surface area contributed by atoms with Crippen molar-refractivity contribution < 1.29 is 14.6 Å². The molecule has 2 unspecified atom stereocenters. The van der Waals surface area contributed by atoms with Crippen LogP contribution in [0.1, 0.15) is 41.6 Å². The molecule has 2 atom stereocenters. The van der Waals surface area contributed by atoms with Gasteiger partial charge in [0.25, 0.3) is 0 Å². The van der Waals surface area contributed by atoms with Crippen LogP contribution < -0.4 is 10.1 Å². The molecule has 186 valence electrons. The molecule has 1 saturated heterocycles. The molecule has 2 aliphatic heterocycles. The highest BCUT2D eigenvalue weighted by Gasteiger charge is 2.39. The minimum Gasteiger partial charge on any atom is -0.494 e. The molecule has 6 rings (SSSR count). The highest BCUT2D eigenvalue weighted by atomic mass is 32.2. The summed E-state index contributed by atoms with van der Waals surface area (Å²) in [6.45, 7) is 3.94. The maximum Gasteiger partial charge on any atom is 0.335 e. The van der Waals surface area contributed by atoms with E-state index in [4.69, 9.17) is 9.84 Å². The van der Waals surface area contributed by atoms with E-state index in [1.165, 1.54) is 29.7 Å². The Kier molecular flexibility index (Phi) is 6.54. The normalized spacial score (nSPS) is 22.7. The van der Waals surface area contributed by atoms with Crippen molar-refractivity contribution in [3.05, 3.63) is 66.0 Å². The van der Waals surface area contributed by atoms with Gasteiger partial charge in [-0.1, -0.05) is 24.2 Å². The van der Waals surface area contributed by atoms with Gasteiger partial charge in [-0.3, -0.25) is 4.90 Å². The number of carboxylic acid groups (broad SMARTS) is 1. The van der Waals surface area contributed by atoms with Crippen LogP contribution in [0.5, 0.6) is 5.75 Å². The first-order valence-corrected chi connectivity index (χ1v) is 13.5. The number of fused-ring (bicyclic) bond motifs is 4. The third-order valence-corrected chi connectivity index (χ3v) is 8.81. The second kappa shape index (κ2) is 10.1. The van der Waals surface area contributed by atoms with Crippen LogP contribution in [0.2, 0.25) is 0 Å². The van der Waals surface area contributed by atoms with Crippen LogP contribution in [0.15, 0.2) is 64.8 Å². The van der Waals surface area contributed by atoms with Crippen molar-refractivity contribution in [1.29, 1.82) is 0 Å². The standard InChI is InChI=1S/C28H30N4O3S/c33-28(34)19-5-7-22(8-6-19)35-13-10-23-20-2-1-3-21(23)17-32(16-20)15-18-4-9-25-24(14-18)31-26-27(36-25)30-12-11-29-26/h4-9,11-12,14,20-21,23H,1-3,10,13,15-17H2,(H,29,31)(H,33,34). The summed E-state index contributed by atoms with van der Waals surface area (Å²) in [5, 5.41) is 13.4. The van der Waals surface area contributed by atoms with Crippen molar-refractivity contribution in [1.82, 2.24) is 14.9 Å².